The number of phenols is 1. The fourth-order valence-corrected chi connectivity index (χ4v) is 2.85. The summed E-state index contributed by atoms with van der Waals surface area (Å²) in [6.45, 7) is 1.86. The predicted molar refractivity (Wildman–Crippen MR) is 117 cm³/mol. The lowest BCUT2D eigenvalue weighted by Gasteiger charge is -2.09. The van der Waals surface area contributed by atoms with Crippen LogP contribution in [0.2, 0.25) is 0 Å². The fraction of sp³-hybridized carbons (Fsp3) is 0.609. The lowest BCUT2D eigenvalue weighted by molar-refractivity contribution is -0.123. The van der Waals surface area contributed by atoms with Crippen molar-refractivity contribution in [2.75, 3.05) is 41.3 Å². The van der Waals surface area contributed by atoms with E-state index in [4.69, 9.17) is 4.74 Å². The topological polar surface area (TPSA) is 53.0 Å². The van der Waals surface area contributed by atoms with Gasteiger partial charge in [-0.2, -0.15) is 0 Å². The molecule has 1 rings (SSSR count). The van der Waals surface area contributed by atoms with Gasteiger partial charge in [-0.05, 0) is 51.7 Å². The van der Waals surface area contributed by atoms with Gasteiger partial charge in [-0.25, -0.2) is 0 Å². The second kappa shape index (κ2) is 14.1. The number of unbranched alkanes of at least 4 members (excludes halogenated alkanes) is 7. The largest absolute Gasteiger partial charge is 0.507 e. The van der Waals surface area contributed by atoms with Gasteiger partial charge >= 0.3 is 0 Å². The van der Waals surface area contributed by atoms with E-state index in [1.54, 1.807) is 32.3 Å². The van der Waals surface area contributed by atoms with Crippen LogP contribution >= 0.6 is 0 Å². The molecule has 0 spiro atoms. The van der Waals surface area contributed by atoms with Crippen molar-refractivity contribution in [3.63, 3.8) is 0 Å². The van der Waals surface area contributed by atoms with Crippen LogP contribution in [0.5, 0.6) is 11.5 Å². The van der Waals surface area contributed by atoms with E-state index in [0.29, 0.717) is 17.9 Å². The summed E-state index contributed by atoms with van der Waals surface area (Å²) >= 11 is 0. The molecule has 0 heterocycles. The van der Waals surface area contributed by atoms with Crippen molar-refractivity contribution in [3.8, 4) is 11.5 Å². The van der Waals surface area contributed by atoms with Gasteiger partial charge in [0.25, 0.3) is 0 Å². The molecule has 0 atom stereocenters. The zero-order chi connectivity index (χ0) is 20.8. The number of carbonyl (C=O) groups excluding carboxylic acids is 1. The summed E-state index contributed by atoms with van der Waals surface area (Å²) in [5, 5.41) is 10.1. The third-order valence-electron chi connectivity index (χ3n) is 4.62. The molecule has 28 heavy (non-hydrogen) atoms. The Morgan fingerprint density at radius 3 is 2.14 bits per heavy atom. The van der Waals surface area contributed by atoms with E-state index in [0.717, 1.165) is 6.42 Å². The van der Waals surface area contributed by atoms with Crippen molar-refractivity contribution < 1.29 is 14.6 Å². The Morgan fingerprint density at radius 1 is 0.964 bits per heavy atom. The summed E-state index contributed by atoms with van der Waals surface area (Å²) < 4.78 is 5.72. The summed E-state index contributed by atoms with van der Waals surface area (Å²) in [7, 11) is 7.64. The van der Waals surface area contributed by atoms with Crippen LogP contribution in [-0.2, 0) is 4.79 Å². The highest BCUT2D eigenvalue weighted by atomic mass is 16.5. The molecule has 5 heteroatoms. The Balaban J connectivity index is 2.14. The first-order chi connectivity index (χ1) is 13.4. The van der Waals surface area contributed by atoms with Crippen molar-refractivity contribution in [2.24, 2.45) is 0 Å². The average molecular weight is 391 g/mol. The summed E-state index contributed by atoms with van der Waals surface area (Å²) in [6, 6.07) is 5.20. The first-order valence-corrected chi connectivity index (χ1v) is 10.4. The van der Waals surface area contributed by atoms with Crippen LogP contribution in [0, 0.1) is 0 Å². The zero-order valence-electron chi connectivity index (χ0n) is 18.1. The third kappa shape index (κ3) is 11.0. The Morgan fingerprint density at radius 2 is 1.57 bits per heavy atom. The van der Waals surface area contributed by atoms with Crippen LogP contribution in [0.4, 0.5) is 0 Å². The minimum absolute atomic E-state index is 0.117. The van der Waals surface area contributed by atoms with Crippen LogP contribution in [0.1, 0.15) is 56.9 Å². The molecule has 1 amide bonds. The molecular formula is C23H38N2O3. The van der Waals surface area contributed by atoms with Crippen molar-refractivity contribution in [2.45, 2.75) is 51.4 Å². The normalized spacial score (nSPS) is 11.3. The Hall–Kier alpha value is -2.01. The van der Waals surface area contributed by atoms with Gasteiger partial charge < -0.3 is 19.6 Å². The maximum atomic E-state index is 11.6. The number of nitrogens with zero attached hydrogens (tertiary/aromatic N) is 2. The highest BCUT2D eigenvalue weighted by Crippen LogP contribution is 2.25. The van der Waals surface area contributed by atoms with Crippen molar-refractivity contribution in [1.82, 2.24) is 9.80 Å². The molecule has 158 valence electrons. The lowest BCUT2D eigenvalue weighted by Crippen LogP contribution is -2.18. The number of likely N-dealkylation sites (N-methyl/N-ethyl adjacent to an activating group) is 1. The van der Waals surface area contributed by atoms with E-state index in [9.17, 15) is 9.90 Å². The molecule has 0 unspecified atom stereocenters. The second-order valence-electron chi connectivity index (χ2n) is 7.77. The van der Waals surface area contributed by atoms with Crippen molar-refractivity contribution in [1.29, 1.82) is 0 Å². The van der Waals surface area contributed by atoms with E-state index in [1.807, 2.05) is 6.07 Å². The first-order valence-electron chi connectivity index (χ1n) is 10.4. The van der Waals surface area contributed by atoms with E-state index in [1.165, 1.54) is 62.5 Å². The molecule has 1 aromatic carbocycles. The smallest absolute Gasteiger partial charge is 0.246 e. The molecule has 0 saturated carbocycles. The van der Waals surface area contributed by atoms with E-state index in [2.05, 4.69) is 19.0 Å². The van der Waals surface area contributed by atoms with Crippen molar-refractivity contribution >= 4 is 12.0 Å². The number of ether oxygens (including phenoxy) is 1. The number of aromatic hydroxyl groups is 1. The minimum Gasteiger partial charge on any atom is -0.507 e. The van der Waals surface area contributed by atoms with Crippen LogP contribution in [-0.4, -0.2) is 62.2 Å². The van der Waals surface area contributed by atoms with Crippen molar-refractivity contribution in [3.05, 3.63) is 29.8 Å². The predicted octanol–water partition coefficient (Wildman–Crippen LogP) is 4.55. The van der Waals surface area contributed by atoms with Crippen LogP contribution in [0.25, 0.3) is 6.08 Å². The fourth-order valence-electron chi connectivity index (χ4n) is 2.85. The van der Waals surface area contributed by atoms with Gasteiger partial charge in [-0.1, -0.05) is 38.5 Å². The molecule has 0 aliphatic carbocycles. The zero-order valence-corrected chi connectivity index (χ0v) is 18.1. The molecule has 0 saturated heterocycles. The Labute approximate surface area is 171 Å². The monoisotopic (exact) mass is 390 g/mol. The molecule has 0 aliphatic heterocycles. The number of carbonyl (C=O) groups is 1. The maximum absolute atomic E-state index is 11.6. The summed E-state index contributed by atoms with van der Waals surface area (Å²) in [5.41, 5.74) is 0.605. The molecule has 1 N–H and O–H groups in total. The van der Waals surface area contributed by atoms with Gasteiger partial charge in [0.1, 0.15) is 11.5 Å². The highest BCUT2D eigenvalue weighted by Gasteiger charge is 2.03. The van der Waals surface area contributed by atoms with Gasteiger partial charge in [0.2, 0.25) is 5.91 Å². The number of hydrogen-bond donors (Lipinski definition) is 1. The third-order valence-corrected chi connectivity index (χ3v) is 4.62. The van der Waals surface area contributed by atoms with E-state index >= 15 is 0 Å². The standard InChI is InChI=1S/C23H38N2O3/c1-24(2)17-11-9-7-5-6-8-10-12-18-28-21-15-13-20(22(26)19-21)14-16-23(27)25(3)4/h13-16,19,26H,5-12,17-18H2,1-4H3/b16-14+. The number of benzene rings is 1. The maximum Gasteiger partial charge on any atom is 0.246 e. The van der Waals surface area contributed by atoms with Crippen LogP contribution in [0.15, 0.2) is 24.3 Å². The van der Waals surface area contributed by atoms with Gasteiger partial charge in [0.05, 0.1) is 6.61 Å². The summed E-state index contributed by atoms with van der Waals surface area (Å²) in [5.74, 6) is 0.664. The quantitative estimate of drug-likeness (QED) is 0.374. The van der Waals surface area contributed by atoms with E-state index in [-0.39, 0.29) is 11.7 Å². The molecular weight excluding hydrogens is 352 g/mol. The van der Waals surface area contributed by atoms with Crippen LogP contribution in [0.3, 0.4) is 0 Å². The Kier molecular flexibility index (Phi) is 12.1. The van der Waals surface area contributed by atoms with Gasteiger partial charge in [-0.3, -0.25) is 4.79 Å². The number of hydrogen-bond acceptors (Lipinski definition) is 4. The first kappa shape index (κ1) is 24.0. The van der Waals surface area contributed by atoms with Gasteiger partial charge in [0, 0.05) is 31.8 Å². The molecule has 0 aliphatic rings. The number of rotatable bonds is 14. The molecule has 0 aromatic heterocycles. The minimum atomic E-state index is -0.117. The molecule has 0 bridgehead atoms. The van der Waals surface area contributed by atoms with Crippen LogP contribution < -0.4 is 4.74 Å². The Bertz CT molecular complexity index is 598. The second-order valence-corrected chi connectivity index (χ2v) is 7.77. The number of amides is 1. The van der Waals surface area contributed by atoms with Gasteiger partial charge in [-0.15, -0.1) is 0 Å². The summed E-state index contributed by atoms with van der Waals surface area (Å²) in [4.78, 5) is 15.3. The molecule has 0 fully saturated rings. The SMILES string of the molecule is CN(C)CCCCCCCCCCOc1ccc(/C=C/C(=O)N(C)C)c(O)c1. The molecule has 0 radical (unpaired) electrons. The van der Waals surface area contributed by atoms with Gasteiger partial charge in [0.15, 0.2) is 0 Å². The van der Waals surface area contributed by atoms with E-state index < -0.39 is 0 Å². The average Bonchev–Trinajstić information content (AvgIpc) is 2.64. The molecule has 1 aromatic rings. The lowest BCUT2D eigenvalue weighted by atomic mass is 10.1. The number of phenolic OH excluding ortho intramolecular Hbond substituents is 1. The molecule has 5 nitrogen and oxygen atoms in total. The summed E-state index contributed by atoms with van der Waals surface area (Å²) in [6.07, 6.45) is 13.1. The highest BCUT2D eigenvalue weighted by molar-refractivity contribution is 5.91.